The average Bonchev–Trinajstić information content (AvgIpc) is 2.36. The lowest BCUT2D eigenvalue weighted by Crippen LogP contribution is -2.26. The maximum atomic E-state index is 11.9. The minimum atomic E-state index is -0.456. The van der Waals surface area contributed by atoms with E-state index in [-0.39, 0.29) is 5.91 Å². The van der Waals surface area contributed by atoms with E-state index >= 15 is 0 Å². The molecule has 0 atom stereocenters. The largest absolute Gasteiger partial charge is 0.465 e. The standard InChI is InChI=1S/C14H17NO3/c1-10(2)9-13(16)15(3)12-8-6-5-7-11(12)14(17)18-4/h5-9H,1-4H3. The first kappa shape index (κ1) is 14.0. The highest BCUT2D eigenvalue weighted by molar-refractivity contribution is 6.06. The van der Waals surface area contributed by atoms with E-state index in [0.717, 1.165) is 5.57 Å². The zero-order valence-corrected chi connectivity index (χ0v) is 11.1. The van der Waals surface area contributed by atoms with Gasteiger partial charge >= 0.3 is 5.97 Å². The van der Waals surface area contributed by atoms with Gasteiger partial charge in [-0.25, -0.2) is 4.79 Å². The Morgan fingerprint density at radius 3 is 2.39 bits per heavy atom. The van der Waals surface area contributed by atoms with Gasteiger partial charge in [-0.3, -0.25) is 4.79 Å². The molecule has 96 valence electrons. The molecule has 0 unspecified atom stereocenters. The number of ether oxygens (including phenoxy) is 1. The second-order valence-electron chi connectivity index (χ2n) is 4.13. The van der Waals surface area contributed by atoms with Gasteiger partial charge in [0, 0.05) is 13.1 Å². The number of esters is 1. The number of hydrogen-bond donors (Lipinski definition) is 0. The van der Waals surface area contributed by atoms with Gasteiger partial charge in [-0.1, -0.05) is 17.7 Å². The lowest BCUT2D eigenvalue weighted by atomic mass is 10.1. The maximum absolute atomic E-state index is 11.9. The molecule has 0 spiro atoms. The fraction of sp³-hybridized carbons (Fsp3) is 0.286. The van der Waals surface area contributed by atoms with Crippen LogP contribution in [0.1, 0.15) is 24.2 Å². The number of amides is 1. The highest BCUT2D eigenvalue weighted by atomic mass is 16.5. The van der Waals surface area contributed by atoms with E-state index in [0.29, 0.717) is 11.3 Å². The zero-order chi connectivity index (χ0) is 13.7. The van der Waals surface area contributed by atoms with Crippen molar-refractivity contribution in [2.45, 2.75) is 13.8 Å². The Labute approximate surface area is 107 Å². The number of allylic oxidation sites excluding steroid dienone is 1. The molecule has 1 aromatic rings. The van der Waals surface area contributed by atoms with Crippen molar-refractivity contribution in [3.63, 3.8) is 0 Å². The second kappa shape index (κ2) is 6.00. The molecular weight excluding hydrogens is 230 g/mol. The molecular formula is C14H17NO3. The number of nitrogens with zero attached hydrogens (tertiary/aromatic N) is 1. The van der Waals surface area contributed by atoms with Gasteiger partial charge in [0.2, 0.25) is 0 Å². The molecule has 4 heteroatoms. The third kappa shape index (κ3) is 3.20. The Bertz CT molecular complexity index is 488. The molecule has 1 amide bonds. The highest BCUT2D eigenvalue weighted by Gasteiger charge is 2.17. The molecule has 0 N–H and O–H groups in total. The van der Waals surface area contributed by atoms with Crippen LogP contribution in [-0.2, 0) is 9.53 Å². The normalized spacial score (nSPS) is 9.56. The number of carbonyl (C=O) groups is 2. The topological polar surface area (TPSA) is 46.6 Å². The maximum Gasteiger partial charge on any atom is 0.339 e. The lowest BCUT2D eigenvalue weighted by molar-refractivity contribution is -0.113. The van der Waals surface area contributed by atoms with Crippen LogP contribution in [0.5, 0.6) is 0 Å². The van der Waals surface area contributed by atoms with Crippen molar-refractivity contribution in [1.82, 2.24) is 0 Å². The Morgan fingerprint density at radius 2 is 1.83 bits per heavy atom. The monoisotopic (exact) mass is 247 g/mol. The minimum Gasteiger partial charge on any atom is -0.465 e. The molecule has 0 fully saturated rings. The van der Waals surface area contributed by atoms with Crippen LogP contribution < -0.4 is 4.90 Å². The van der Waals surface area contributed by atoms with Crippen LogP contribution in [0.2, 0.25) is 0 Å². The zero-order valence-electron chi connectivity index (χ0n) is 11.1. The van der Waals surface area contributed by atoms with Gasteiger partial charge in [0.1, 0.15) is 0 Å². The summed E-state index contributed by atoms with van der Waals surface area (Å²) < 4.78 is 4.70. The SMILES string of the molecule is COC(=O)c1ccccc1N(C)C(=O)C=C(C)C. The summed E-state index contributed by atoms with van der Waals surface area (Å²) in [5.74, 6) is -0.631. The molecule has 0 bridgehead atoms. The van der Waals surface area contributed by atoms with E-state index < -0.39 is 5.97 Å². The summed E-state index contributed by atoms with van der Waals surface area (Å²) in [6.07, 6.45) is 1.52. The molecule has 0 saturated heterocycles. The smallest absolute Gasteiger partial charge is 0.339 e. The van der Waals surface area contributed by atoms with Crippen LogP contribution in [0.4, 0.5) is 5.69 Å². The molecule has 0 saturated carbocycles. The van der Waals surface area contributed by atoms with Crippen LogP contribution in [-0.4, -0.2) is 26.0 Å². The van der Waals surface area contributed by atoms with Crippen molar-refractivity contribution in [3.8, 4) is 0 Å². The van der Waals surface area contributed by atoms with Gasteiger partial charge < -0.3 is 9.64 Å². The summed E-state index contributed by atoms with van der Waals surface area (Å²) in [4.78, 5) is 25.0. The summed E-state index contributed by atoms with van der Waals surface area (Å²) in [6.45, 7) is 3.69. The average molecular weight is 247 g/mol. The van der Waals surface area contributed by atoms with Gasteiger partial charge in [-0.2, -0.15) is 0 Å². The Kier molecular flexibility index (Phi) is 4.66. The van der Waals surface area contributed by atoms with Crippen LogP contribution in [0.3, 0.4) is 0 Å². The summed E-state index contributed by atoms with van der Waals surface area (Å²) >= 11 is 0. The van der Waals surface area contributed by atoms with E-state index in [1.54, 1.807) is 31.3 Å². The van der Waals surface area contributed by atoms with E-state index in [2.05, 4.69) is 0 Å². The second-order valence-corrected chi connectivity index (χ2v) is 4.13. The molecule has 1 aromatic carbocycles. The third-order valence-corrected chi connectivity index (χ3v) is 2.41. The number of likely N-dealkylation sites (N-methyl/N-ethyl adjacent to an activating group) is 1. The van der Waals surface area contributed by atoms with E-state index in [9.17, 15) is 9.59 Å². The van der Waals surface area contributed by atoms with Crippen LogP contribution in [0, 0.1) is 0 Å². The molecule has 18 heavy (non-hydrogen) atoms. The summed E-state index contributed by atoms with van der Waals surface area (Å²) in [5.41, 5.74) is 1.81. The first-order valence-electron chi connectivity index (χ1n) is 5.57. The molecule has 0 radical (unpaired) electrons. The number of para-hydroxylation sites is 1. The van der Waals surface area contributed by atoms with Gasteiger partial charge in [0.25, 0.3) is 5.91 Å². The number of benzene rings is 1. The van der Waals surface area contributed by atoms with Crippen molar-refractivity contribution in [1.29, 1.82) is 0 Å². The highest BCUT2D eigenvalue weighted by Crippen LogP contribution is 2.20. The van der Waals surface area contributed by atoms with Gasteiger partial charge in [-0.05, 0) is 26.0 Å². The molecule has 0 aliphatic heterocycles. The lowest BCUT2D eigenvalue weighted by Gasteiger charge is -2.18. The Balaban J connectivity index is 3.13. The number of carbonyl (C=O) groups excluding carboxylic acids is 2. The quantitative estimate of drug-likeness (QED) is 0.608. The molecule has 0 aliphatic carbocycles. The van der Waals surface area contributed by atoms with E-state index in [1.165, 1.54) is 18.1 Å². The van der Waals surface area contributed by atoms with Crippen molar-refractivity contribution in [2.24, 2.45) is 0 Å². The van der Waals surface area contributed by atoms with Crippen molar-refractivity contribution in [2.75, 3.05) is 19.1 Å². The van der Waals surface area contributed by atoms with Crippen molar-refractivity contribution in [3.05, 3.63) is 41.5 Å². The Hall–Kier alpha value is -2.10. The summed E-state index contributed by atoms with van der Waals surface area (Å²) in [6, 6.07) is 6.85. The number of hydrogen-bond acceptors (Lipinski definition) is 3. The minimum absolute atomic E-state index is 0.175. The number of methoxy groups -OCH3 is 1. The van der Waals surface area contributed by atoms with Crippen LogP contribution >= 0.6 is 0 Å². The van der Waals surface area contributed by atoms with Gasteiger partial charge in [0.15, 0.2) is 0 Å². The first-order valence-corrected chi connectivity index (χ1v) is 5.57. The molecule has 0 aliphatic rings. The molecule has 1 rings (SSSR count). The van der Waals surface area contributed by atoms with Crippen LogP contribution in [0.15, 0.2) is 35.9 Å². The van der Waals surface area contributed by atoms with Crippen molar-refractivity contribution >= 4 is 17.6 Å². The number of anilines is 1. The Morgan fingerprint density at radius 1 is 1.22 bits per heavy atom. The molecule has 0 heterocycles. The van der Waals surface area contributed by atoms with E-state index in [4.69, 9.17) is 4.74 Å². The summed E-state index contributed by atoms with van der Waals surface area (Å²) in [5, 5.41) is 0. The fourth-order valence-corrected chi connectivity index (χ4v) is 1.51. The third-order valence-electron chi connectivity index (χ3n) is 2.41. The predicted molar refractivity (Wildman–Crippen MR) is 70.6 cm³/mol. The van der Waals surface area contributed by atoms with Gasteiger partial charge in [-0.15, -0.1) is 0 Å². The molecule has 0 aromatic heterocycles. The van der Waals surface area contributed by atoms with Gasteiger partial charge in [0.05, 0.1) is 18.4 Å². The fourth-order valence-electron chi connectivity index (χ4n) is 1.51. The van der Waals surface area contributed by atoms with E-state index in [1.807, 2.05) is 13.8 Å². The van der Waals surface area contributed by atoms with Crippen molar-refractivity contribution < 1.29 is 14.3 Å². The number of rotatable bonds is 3. The summed E-state index contributed by atoms with van der Waals surface area (Å²) in [7, 11) is 2.95. The predicted octanol–water partition coefficient (Wildman–Crippen LogP) is 2.40. The van der Waals surface area contributed by atoms with Crippen LogP contribution in [0.25, 0.3) is 0 Å². The first-order chi connectivity index (χ1) is 8.47. The molecule has 4 nitrogen and oxygen atoms in total.